The van der Waals surface area contributed by atoms with E-state index in [1.54, 1.807) is 33.8 Å². The van der Waals surface area contributed by atoms with E-state index in [-0.39, 0.29) is 12.3 Å². The molecule has 136 valence electrons. The van der Waals surface area contributed by atoms with E-state index in [2.05, 4.69) is 15.5 Å². The summed E-state index contributed by atoms with van der Waals surface area (Å²) in [4.78, 5) is 12.1. The molecule has 2 heterocycles. The number of halogens is 3. The van der Waals surface area contributed by atoms with Gasteiger partial charge in [-0.25, -0.2) is 0 Å². The highest BCUT2D eigenvalue weighted by molar-refractivity contribution is 6.36. The highest BCUT2D eigenvalue weighted by Gasteiger charge is 2.13. The molecule has 3 aromatic rings. The van der Waals surface area contributed by atoms with Gasteiger partial charge in [0, 0.05) is 41.0 Å². The van der Waals surface area contributed by atoms with Gasteiger partial charge in [-0.3, -0.25) is 14.2 Å². The maximum atomic E-state index is 12.1. The van der Waals surface area contributed by atoms with Gasteiger partial charge in [0.25, 0.3) is 0 Å². The first-order valence-corrected chi connectivity index (χ1v) is 9.01. The first kappa shape index (κ1) is 18.8. The largest absolute Gasteiger partial charge is 0.308 e. The van der Waals surface area contributed by atoms with E-state index in [4.69, 9.17) is 34.8 Å². The molecule has 6 nitrogen and oxygen atoms in total. The molecule has 1 aromatic carbocycles. The zero-order valence-electron chi connectivity index (χ0n) is 13.9. The Balaban J connectivity index is 1.63. The summed E-state index contributed by atoms with van der Waals surface area (Å²) in [6.07, 6.45) is 3.71. The molecule has 0 bridgehead atoms. The van der Waals surface area contributed by atoms with E-state index in [0.717, 1.165) is 11.3 Å². The molecule has 3 rings (SSSR count). The van der Waals surface area contributed by atoms with Crippen molar-refractivity contribution in [2.75, 3.05) is 5.32 Å². The number of hydrogen-bond donors (Lipinski definition) is 1. The number of carbonyl (C=O) groups excluding carboxylic acids is 1. The average Bonchev–Trinajstić information content (AvgIpc) is 3.15. The number of carbonyl (C=O) groups is 1. The summed E-state index contributed by atoms with van der Waals surface area (Å²) in [5, 5.41) is 12.7. The number of rotatable bonds is 6. The van der Waals surface area contributed by atoms with Gasteiger partial charge < -0.3 is 5.32 Å². The van der Waals surface area contributed by atoms with Crippen molar-refractivity contribution < 1.29 is 4.79 Å². The van der Waals surface area contributed by atoms with Crippen LogP contribution in [-0.4, -0.2) is 25.5 Å². The van der Waals surface area contributed by atoms with Crippen LogP contribution < -0.4 is 5.32 Å². The Labute approximate surface area is 165 Å². The maximum Gasteiger partial charge on any atom is 0.227 e. The Bertz CT molecular complexity index is 914. The summed E-state index contributed by atoms with van der Waals surface area (Å²) in [5.41, 5.74) is 1.65. The molecule has 1 N–H and O–H groups in total. The third kappa shape index (κ3) is 4.58. The maximum absolute atomic E-state index is 12.1. The molecule has 0 fully saturated rings. The molecule has 0 aliphatic carbocycles. The molecule has 0 aliphatic heterocycles. The lowest BCUT2D eigenvalue weighted by atomic mass is 10.2. The number of nitrogens with zero attached hydrogens (tertiary/aromatic N) is 4. The number of aromatic nitrogens is 4. The van der Waals surface area contributed by atoms with E-state index < -0.39 is 0 Å². The minimum absolute atomic E-state index is 0.193. The van der Waals surface area contributed by atoms with Crippen LogP contribution in [0.1, 0.15) is 17.7 Å². The number of hydrogen-bond acceptors (Lipinski definition) is 3. The van der Waals surface area contributed by atoms with Gasteiger partial charge in [0.1, 0.15) is 5.02 Å². The Hall–Kier alpha value is -2.02. The first-order valence-electron chi connectivity index (χ1n) is 7.88. The lowest BCUT2D eigenvalue weighted by molar-refractivity contribution is -0.116. The van der Waals surface area contributed by atoms with Gasteiger partial charge >= 0.3 is 0 Å². The van der Waals surface area contributed by atoms with Crippen molar-refractivity contribution in [2.24, 2.45) is 0 Å². The van der Waals surface area contributed by atoms with Crippen LogP contribution in [0.15, 0.2) is 36.7 Å². The number of amides is 1. The second-order valence-corrected chi connectivity index (χ2v) is 6.96. The van der Waals surface area contributed by atoms with Crippen LogP contribution in [0, 0.1) is 6.92 Å². The van der Waals surface area contributed by atoms with Crippen molar-refractivity contribution in [3.8, 4) is 0 Å². The monoisotopic (exact) mass is 411 g/mol. The molecule has 0 atom stereocenters. The van der Waals surface area contributed by atoms with Crippen molar-refractivity contribution in [1.29, 1.82) is 0 Å². The van der Waals surface area contributed by atoms with Crippen molar-refractivity contribution >= 4 is 46.5 Å². The quantitative estimate of drug-likeness (QED) is 0.651. The Kier molecular flexibility index (Phi) is 5.86. The molecule has 0 saturated heterocycles. The summed E-state index contributed by atoms with van der Waals surface area (Å²) in [6.45, 7) is 2.72. The number of benzene rings is 1. The van der Waals surface area contributed by atoms with E-state index >= 15 is 0 Å². The molecule has 2 aromatic heterocycles. The van der Waals surface area contributed by atoms with Gasteiger partial charge in [-0.2, -0.15) is 10.2 Å². The summed E-state index contributed by atoms with van der Waals surface area (Å²) < 4.78 is 3.30. The van der Waals surface area contributed by atoms with Crippen LogP contribution in [0.5, 0.6) is 0 Å². The van der Waals surface area contributed by atoms with Gasteiger partial charge in [0.2, 0.25) is 5.91 Å². The van der Waals surface area contributed by atoms with E-state index in [9.17, 15) is 4.79 Å². The first-order chi connectivity index (χ1) is 12.4. The second-order valence-electron chi connectivity index (χ2n) is 5.74. The summed E-state index contributed by atoms with van der Waals surface area (Å²) in [7, 11) is 0. The molecule has 0 radical (unpaired) electrons. The van der Waals surface area contributed by atoms with Gasteiger partial charge in [-0.1, -0.05) is 40.9 Å². The fourth-order valence-electron chi connectivity index (χ4n) is 2.41. The van der Waals surface area contributed by atoms with Crippen molar-refractivity contribution in [1.82, 2.24) is 19.6 Å². The van der Waals surface area contributed by atoms with Crippen LogP contribution in [0.4, 0.5) is 5.82 Å². The van der Waals surface area contributed by atoms with E-state index in [1.807, 2.05) is 19.2 Å². The third-order valence-corrected chi connectivity index (χ3v) is 4.68. The summed E-state index contributed by atoms with van der Waals surface area (Å²) in [5.74, 6) is 0.109. The predicted molar refractivity (Wildman–Crippen MR) is 103 cm³/mol. The lowest BCUT2D eigenvalue weighted by Crippen LogP contribution is -2.15. The van der Waals surface area contributed by atoms with E-state index in [0.29, 0.717) is 34.0 Å². The van der Waals surface area contributed by atoms with Crippen LogP contribution in [0.25, 0.3) is 0 Å². The lowest BCUT2D eigenvalue weighted by Gasteiger charge is -2.07. The molecule has 26 heavy (non-hydrogen) atoms. The number of aryl methyl sites for hydroxylation is 2. The number of anilines is 1. The normalized spacial score (nSPS) is 10.9. The van der Waals surface area contributed by atoms with Crippen LogP contribution >= 0.6 is 34.8 Å². The van der Waals surface area contributed by atoms with Gasteiger partial charge in [0.15, 0.2) is 5.82 Å². The van der Waals surface area contributed by atoms with Gasteiger partial charge in [-0.15, -0.1) is 0 Å². The van der Waals surface area contributed by atoms with Crippen molar-refractivity contribution in [3.63, 3.8) is 0 Å². The van der Waals surface area contributed by atoms with Crippen LogP contribution in [0.2, 0.25) is 15.1 Å². The summed E-state index contributed by atoms with van der Waals surface area (Å²) >= 11 is 18.5. The van der Waals surface area contributed by atoms with Gasteiger partial charge in [-0.05, 0) is 25.1 Å². The molecule has 1 amide bonds. The minimum atomic E-state index is -0.193. The second kappa shape index (κ2) is 8.12. The average molecular weight is 413 g/mol. The Morgan fingerprint density at radius 2 is 1.81 bits per heavy atom. The molecule has 0 saturated carbocycles. The molecular formula is C17H16Cl3N5O. The fraction of sp³-hybridized carbons (Fsp3) is 0.235. The zero-order valence-corrected chi connectivity index (χ0v) is 16.2. The van der Waals surface area contributed by atoms with Crippen LogP contribution in [-0.2, 0) is 17.9 Å². The highest BCUT2D eigenvalue weighted by Crippen LogP contribution is 2.26. The standard InChI is InChI=1S/C17H16Cl3N5O/c1-11-5-7-24(22-11)8-6-16(26)21-17-15(20)10-25(23-17)9-12-13(18)3-2-4-14(12)19/h2-5,7,10H,6,8-9H2,1H3,(H,21,23,26). The van der Waals surface area contributed by atoms with E-state index in [1.165, 1.54) is 0 Å². The number of nitrogens with one attached hydrogen (secondary N) is 1. The minimum Gasteiger partial charge on any atom is -0.308 e. The summed E-state index contributed by atoms with van der Waals surface area (Å²) in [6, 6.07) is 7.17. The Morgan fingerprint density at radius 3 is 2.46 bits per heavy atom. The van der Waals surface area contributed by atoms with Crippen molar-refractivity contribution in [2.45, 2.75) is 26.4 Å². The molecule has 0 aliphatic rings. The SMILES string of the molecule is Cc1ccn(CCC(=O)Nc2nn(Cc3c(Cl)cccc3Cl)cc2Cl)n1. The fourth-order valence-corrected chi connectivity index (χ4v) is 3.12. The Morgan fingerprint density at radius 1 is 1.08 bits per heavy atom. The molecular weight excluding hydrogens is 397 g/mol. The molecule has 0 spiro atoms. The molecule has 9 heteroatoms. The predicted octanol–water partition coefficient (Wildman–Crippen LogP) is 4.43. The topological polar surface area (TPSA) is 64.7 Å². The van der Waals surface area contributed by atoms with Gasteiger partial charge in [0.05, 0.1) is 12.2 Å². The highest BCUT2D eigenvalue weighted by atomic mass is 35.5. The smallest absolute Gasteiger partial charge is 0.227 e. The third-order valence-electron chi connectivity index (χ3n) is 3.70. The zero-order chi connectivity index (χ0) is 18.7. The van der Waals surface area contributed by atoms with Crippen molar-refractivity contribution in [3.05, 3.63) is 63.0 Å². The molecule has 0 unspecified atom stereocenters. The van der Waals surface area contributed by atoms with Crippen LogP contribution in [0.3, 0.4) is 0 Å².